The normalized spacial score (nSPS) is 11.1. The average Bonchev–Trinajstić information content (AvgIpc) is 3.26. The monoisotopic (exact) mass is 511 g/mol. The smallest absolute Gasteiger partial charge is 0.250 e. The van der Waals surface area contributed by atoms with Gasteiger partial charge in [-0.3, -0.25) is 9.48 Å². The summed E-state index contributed by atoms with van der Waals surface area (Å²) in [6.07, 6.45) is 5.11. The van der Waals surface area contributed by atoms with E-state index in [-0.39, 0.29) is 5.91 Å². The second kappa shape index (κ2) is 7.71. The fourth-order valence-corrected chi connectivity index (χ4v) is 4.56. The number of nitrogens with one attached hydrogen (secondary N) is 1. The minimum Gasteiger partial charge on any atom is -0.334 e. The van der Waals surface area contributed by atoms with Crippen LogP contribution in [0.3, 0.4) is 0 Å². The number of rotatable bonds is 4. The van der Waals surface area contributed by atoms with Crippen LogP contribution in [-0.4, -0.2) is 32.7 Å². The third-order valence-corrected chi connectivity index (χ3v) is 6.40. The third kappa shape index (κ3) is 3.23. The molecule has 4 aromatic rings. The lowest BCUT2D eigenvalue weighted by molar-refractivity contribution is -0.113. The first-order valence-corrected chi connectivity index (χ1v) is 10.6. The van der Waals surface area contributed by atoms with E-state index in [2.05, 4.69) is 59.2 Å². The van der Waals surface area contributed by atoms with Gasteiger partial charge in [-0.2, -0.15) is 5.10 Å². The summed E-state index contributed by atoms with van der Waals surface area (Å²) < 4.78 is 2.88. The zero-order chi connectivity index (χ0) is 21.6. The molecule has 30 heavy (non-hydrogen) atoms. The van der Waals surface area contributed by atoms with Crippen molar-refractivity contribution < 1.29 is 4.79 Å². The number of halogens is 1. The molecule has 0 fully saturated rings. The molecule has 1 amide bonds. The predicted molar refractivity (Wildman–Crippen MR) is 130 cm³/mol. The van der Waals surface area contributed by atoms with Crippen LogP contribution in [0.25, 0.3) is 33.3 Å². The Bertz CT molecular complexity index is 1300. The summed E-state index contributed by atoms with van der Waals surface area (Å²) in [7, 11) is 3.69. The standard InChI is InChI=1S/C23H22IN5O/c1-6-19(30)28(4)16-9-7-8-15(10-16)21-20-13(2)17(11-25-23(20)27-22(21)24)18-12-26-29(5)14(18)3/h6-12H,1H2,2-5H3,(H,25,27). The number of carbonyl (C=O) groups is 1. The number of aryl methyl sites for hydroxylation is 2. The Morgan fingerprint density at radius 1 is 1.27 bits per heavy atom. The zero-order valence-corrected chi connectivity index (χ0v) is 19.5. The molecule has 0 saturated carbocycles. The molecule has 0 aliphatic carbocycles. The quantitative estimate of drug-likeness (QED) is 0.310. The summed E-state index contributed by atoms with van der Waals surface area (Å²) in [5.74, 6) is -0.145. The fraction of sp³-hybridized carbons (Fsp3) is 0.174. The van der Waals surface area contributed by atoms with E-state index in [1.807, 2.05) is 42.3 Å². The number of anilines is 1. The van der Waals surface area contributed by atoms with Gasteiger partial charge in [-0.15, -0.1) is 0 Å². The molecular formula is C23H22IN5O. The maximum atomic E-state index is 12.1. The average molecular weight is 511 g/mol. The van der Waals surface area contributed by atoms with Crippen molar-refractivity contribution in [3.05, 3.63) is 64.3 Å². The van der Waals surface area contributed by atoms with Gasteiger partial charge in [0.15, 0.2) is 0 Å². The number of benzene rings is 1. The second-order valence-corrected chi connectivity index (χ2v) is 8.33. The maximum absolute atomic E-state index is 12.1. The van der Waals surface area contributed by atoms with Crippen molar-refractivity contribution in [1.29, 1.82) is 0 Å². The zero-order valence-electron chi connectivity index (χ0n) is 17.3. The van der Waals surface area contributed by atoms with E-state index in [1.54, 1.807) is 11.9 Å². The number of hydrogen-bond donors (Lipinski definition) is 1. The van der Waals surface area contributed by atoms with Crippen LogP contribution in [0.4, 0.5) is 5.69 Å². The van der Waals surface area contributed by atoms with Gasteiger partial charge < -0.3 is 9.88 Å². The van der Waals surface area contributed by atoms with Gasteiger partial charge in [0, 0.05) is 53.8 Å². The topological polar surface area (TPSA) is 66.8 Å². The van der Waals surface area contributed by atoms with Crippen molar-refractivity contribution in [1.82, 2.24) is 19.7 Å². The van der Waals surface area contributed by atoms with Crippen molar-refractivity contribution >= 4 is 45.2 Å². The summed E-state index contributed by atoms with van der Waals surface area (Å²) in [6.45, 7) is 7.76. The summed E-state index contributed by atoms with van der Waals surface area (Å²) in [5, 5.41) is 5.47. The van der Waals surface area contributed by atoms with Crippen LogP contribution in [0, 0.1) is 17.5 Å². The summed E-state index contributed by atoms with van der Waals surface area (Å²) in [6, 6.07) is 7.96. The van der Waals surface area contributed by atoms with Gasteiger partial charge in [0.25, 0.3) is 0 Å². The Hall–Kier alpha value is -2.94. The number of carbonyl (C=O) groups excluding carboxylic acids is 1. The van der Waals surface area contributed by atoms with E-state index in [4.69, 9.17) is 4.98 Å². The van der Waals surface area contributed by atoms with E-state index in [9.17, 15) is 4.79 Å². The van der Waals surface area contributed by atoms with Crippen LogP contribution in [0.2, 0.25) is 0 Å². The Labute approximate surface area is 188 Å². The van der Waals surface area contributed by atoms with E-state index in [0.29, 0.717) is 0 Å². The van der Waals surface area contributed by atoms with Gasteiger partial charge in [-0.1, -0.05) is 18.7 Å². The van der Waals surface area contributed by atoms with Crippen molar-refractivity contribution in [2.75, 3.05) is 11.9 Å². The molecule has 3 heterocycles. The van der Waals surface area contributed by atoms with E-state index < -0.39 is 0 Å². The number of nitrogens with zero attached hydrogens (tertiary/aromatic N) is 4. The number of aromatic amines is 1. The van der Waals surface area contributed by atoms with Crippen LogP contribution in [0.1, 0.15) is 11.3 Å². The van der Waals surface area contributed by atoms with E-state index >= 15 is 0 Å². The Morgan fingerprint density at radius 3 is 2.70 bits per heavy atom. The molecule has 0 radical (unpaired) electrons. The molecule has 0 spiro atoms. The van der Waals surface area contributed by atoms with Crippen LogP contribution in [-0.2, 0) is 11.8 Å². The molecule has 3 aromatic heterocycles. The minimum atomic E-state index is -0.145. The van der Waals surface area contributed by atoms with Crippen LogP contribution >= 0.6 is 22.6 Å². The van der Waals surface area contributed by atoms with Crippen molar-refractivity contribution in [2.45, 2.75) is 13.8 Å². The number of amides is 1. The second-order valence-electron chi connectivity index (χ2n) is 7.25. The van der Waals surface area contributed by atoms with Gasteiger partial charge in [0.05, 0.1) is 9.90 Å². The number of likely N-dealkylation sites (N-methyl/N-ethyl adjacent to an activating group) is 1. The predicted octanol–water partition coefficient (Wildman–Crippen LogP) is 5.00. The molecule has 0 aliphatic heterocycles. The lowest BCUT2D eigenvalue weighted by Crippen LogP contribution is -2.23. The maximum Gasteiger partial charge on any atom is 0.250 e. The lowest BCUT2D eigenvalue weighted by atomic mass is 9.97. The first-order chi connectivity index (χ1) is 14.3. The largest absolute Gasteiger partial charge is 0.334 e. The first kappa shape index (κ1) is 20.3. The van der Waals surface area contributed by atoms with E-state index in [0.717, 1.165) is 53.9 Å². The SMILES string of the molecule is C=CC(=O)N(C)c1cccc(-c2c(I)[nH]c3ncc(-c4cnn(C)c4C)c(C)c23)c1. The Kier molecular flexibility index (Phi) is 5.23. The van der Waals surface area contributed by atoms with Gasteiger partial charge in [0.1, 0.15) is 5.65 Å². The highest BCUT2D eigenvalue weighted by atomic mass is 127. The van der Waals surface area contributed by atoms with Crippen molar-refractivity contribution in [3.63, 3.8) is 0 Å². The number of fused-ring (bicyclic) bond motifs is 1. The molecule has 0 aliphatic rings. The number of H-pyrrole nitrogens is 1. The highest BCUT2D eigenvalue weighted by Gasteiger charge is 2.20. The minimum absolute atomic E-state index is 0.145. The molecular weight excluding hydrogens is 489 g/mol. The van der Waals surface area contributed by atoms with Crippen LogP contribution in [0.15, 0.2) is 49.3 Å². The van der Waals surface area contributed by atoms with Crippen LogP contribution < -0.4 is 4.90 Å². The van der Waals surface area contributed by atoms with Crippen molar-refractivity contribution in [3.8, 4) is 22.3 Å². The molecule has 1 aromatic carbocycles. The lowest BCUT2D eigenvalue weighted by Gasteiger charge is -2.16. The third-order valence-electron chi connectivity index (χ3n) is 5.59. The highest BCUT2D eigenvalue weighted by Crippen LogP contribution is 2.39. The highest BCUT2D eigenvalue weighted by molar-refractivity contribution is 14.1. The molecule has 0 atom stereocenters. The first-order valence-electron chi connectivity index (χ1n) is 9.49. The number of hydrogen-bond acceptors (Lipinski definition) is 3. The Balaban J connectivity index is 1.93. The molecule has 0 bridgehead atoms. The fourth-order valence-electron chi connectivity index (χ4n) is 3.72. The van der Waals surface area contributed by atoms with Crippen LogP contribution in [0.5, 0.6) is 0 Å². The molecule has 0 saturated heterocycles. The number of pyridine rings is 1. The molecule has 0 unspecified atom stereocenters. The summed E-state index contributed by atoms with van der Waals surface area (Å²) in [5.41, 5.74) is 8.16. The molecule has 7 heteroatoms. The summed E-state index contributed by atoms with van der Waals surface area (Å²) in [4.78, 5) is 21.8. The van der Waals surface area contributed by atoms with E-state index in [1.165, 1.54) is 6.08 Å². The van der Waals surface area contributed by atoms with Gasteiger partial charge in [0.2, 0.25) is 5.91 Å². The molecule has 4 rings (SSSR count). The van der Waals surface area contributed by atoms with Gasteiger partial charge >= 0.3 is 0 Å². The van der Waals surface area contributed by atoms with Gasteiger partial charge in [-0.05, 0) is 65.8 Å². The molecule has 1 N–H and O–H groups in total. The number of aromatic nitrogens is 4. The Morgan fingerprint density at radius 2 is 2.03 bits per heavy atom. The molecule has 152 valence electrons. The van der Waals surface area contributed by atoms with Crippen molar-refractivity contribution in [2.24, 2.45) is 7.05 Å². The van der Waals surface area contributed by atoms with Gasteiger partial charge in [-0.25, -0.2) is 4.98 Å². The molecule has 6 nitrogen and oxygen atoms in total. The summed E-state index contributed by atoms with van der Waals surface area (Å²) >= 11 is 2.31.